The molecule has 0 aromatic heterocycles. The Hall–Kier alpha value is -0.230. The van der Waals surface area contributed by atoms with Gasteiger partial charge >= 0.3 is 6.09 Å². The summed E-state index contributed by atoms with van der Waals surface area (Å²) in [5, 5.41) is 2.22. The molecule has 0 spiro atoms. The quantitative estimate of drug-likeness (QED) is 0.552. The molecule has 0 aromatic rings. The summed E-state index contributed by atoms with van der Waals surface area (Å²) in [5.74, 6) is 0.750. The van der Waals surface area contributed by atoms with E-state index in [4.69, 9.17) is 0 Å². The van der Waals surface area contributed by atoms with Gasteiger partial charge in [-0.3, -0.25) is 0 Å². The first-order chi connectivity index (χ1) is 5.70. The molecule has 1 atom stereocenters. The molecule has 6 heteroatoms. The first kappa shape index (κ1) is 11.8. The second kappa shape index (κ2) is 7.42. The van der Waals surface area contributed by atoms with Crippen LogP contribution in [0.25, 0.3) is 0 Å². The van der Waals surface area contributed by atoms with Crippen LogP contribution in [0.3, 0.4) is 0 Å². The van der Waals surface area contributed by atoms with E-state index in [9.17, 15) is 9.00 Å². The van der Waals surface area contributed by atoms with Crippen LogP contribution in [0.15, 0.2) is 0 Å². The summed E-state index contributed by atoms with van der Waals surface area (Å²) in [7, 11) is 1.01. The molecule has 0 saturated carbocycles. The van der Waals surface area contributed by atoms with Gasteiger partial charge in [0.2, 0.25) is 0 Å². The van der Waals surface area contributed by atoms with Crippen LogP contribution in [0.5, 0.6) is 0 Å². The number of hydrogen-bond acceptors (Lipinski definition) is 4. The molecular weight excluding hydrogens is 198 g/mol. The van der Waals surface area contributed by atoms with Gasteiger partial charge in [0.15, 0.2) is 0 Å². The summed E-state index contributed by atoms with van der Waals surface area (Å²) < 4.78 is 15.3. The number of rotatable bonds is 5. The highest BCUT2D eigenvalue weighted by Gasteiger charge is 2.05. The lowest BCUT2D eigenvalue weighted by molar-refractivity contribution is 0.209. The summed E-state index contributed by atoms with van der Waals surface area (Å²) in [6.45, 7) is 2.04. The smallest absolute Gasteiger partial charge is 0.339 e. The molecule has 0 heterocycles. The van der Waals surface area contributed by atoms with Gasteiger partial charge in [0.25, 0.3) is 10.1 Å². The molecule has 0 rings (SSSR count). The Morgan fingerprint density at radius 3 is 2.83 bits per heavy atom. The van der Waals surface area contributed by atoms with Crippen LogP contribution in [-0.2, 0) is 14.3 Å². The van der Waals surface area contributed by atoms with E-state index in [-0.39, 0.29) is 0 Å². The fraction of sp³-hybridized carbons (Fsp3) is 0.833. The van der Waals surface area contributed by atoms with Crippen LogP contribution in [0, 0.1) is 0 Å². The SMILES string of the molecule is CCCCSS(=O)OC(=O)NC. The summed E-state index contributed by atoms with van der Waals surface area (Å²) in [5.41, 5.74) is 0. The standard InChI is InChI=1S/C6H13NO3S2/c1-3-4-5-11-12(9)10-6(8)7-2/h3-5H2,1-2H3,(H,7,8). The van der Waals surface area contributed by atoms with Crippen LogP contribution in [0.4, 0.5) is 4.79 Å². The Morgan fingerprint density at radius 2 is 2.33 bits per heavy atom. The van der Waals surface area contributed by atoms with E-state index in [1.54, 1.807) is 0 Å². The van der Waals surface area contributed by atoms with E-state index >= 15 is 0 Å². The molecule has 1 amide bonds. The largest absolute Gasteiger partial charge is 0.421 e. The first-order valence-corrected chi connectivity index (χ1v) is 6.23. The Bertz CT molecular complexity index is 163. The van der Waals surface area contributed by atoms with Crippen molar-refractivity contribution >= 4 is 27.0 Å². The van der Waals surface area contributed by atoms with Crippen LogP contribution >= 0.6 is 10.8 Å². The number of unbranched alkanes of at least 4 members (excludes halogenated alkanes) is 1. The minimum absolute atomic E-state index is 0.655. The average molecular weight is 211 g/mol. The second-order valence-electron chi connectivity index (χ2n) is 2.00. The predicted molar refractivity (Wildman–Crippen MR) is 51.0 cm³/mol. The molecule has 4 nitrogen and oxygen atoms in total. The van der Waals surface area contributed by atoms with Gasteiger partial charge in [-0.1, -0.05) is 13.3 Å². The first-order valence-electron chi connectivity index (χ1n) is 3.65. The second-order valence-corrected chi connectivity index (χ2v) is 4.74. The van der Waals surface area contributed by atoms with Gasteiger partial charge in [-0.05, 0) is 17.2 Å². The van der Waals surface area contributed by atoms with E-state index < -0.39 is 16.2 Å². The Balaban J connectivity index is 3.40. The maximum Gasteiger partial charge on any atom is 0.421 e. The number of carbonyl (C=O) groups excluding carboxylic acids is 1. The average Bonchev–Trinajstić information content (AvgIpc) is 2.05. The fourth-order valence-corrected chi connectivity index (χ4v) is 2.29. The molecular formula is C6H13NO3S2. The van der Waals surface area contributed by atoms with Crippen molar-refractivity contribution in [3.8, 4) is 0 Å². The summed E-state index contributed by atoms with van der Waals surface area (Å²) >= 11 is 0. The fourth-order valence-electron chi connectivity index (χ4n) is 0.399. The molecule has 1 N–H and O–H groups in total. The van der Waals surface area contributed by atoms with E-state index in [1.807, 2.05) is 6.92 Å². The van der Waals surface area contributed by atoms with Crippen molar-refractivity contribution in [1.29, 1.82) is 0 Å². The highest BCUT2D eigenvalue weighted by atomic mass is 33.1. The van der Waals surface area contributed by atoms with Gasteiger partial charge in [0.1, 0.15) is 0 Å². The normalized spacial score (nSPS) is 12.2. The highest BCUT2D eigenvalue weighted by Crippen LogP contribution is 2.11. The molecule has 0 aromatic carbocycles. The van der Waals surface area contributed by atoms with Gasteiger partial charge in [0, 0.05) is 12.8 Å². The van der Waals surface area contributed by atoms with Gasteiger partial charge in [0.05, 0.1) is 0 Å². The van der Waals surface area contributed by atoms with Crippen LogP contribution in [0.2, 0.25) is 0 Å². The van der Waals surface area contributed by atoms with Crippen molar-refractivity contribution in [2.45, 2.75) is 19.8 Å². The predicted octanol–water partition coefficient (Wildman–Crippen LogP) is 1.45. The van der Waals surface area contributed by atoms with E-state index in [1.165, 1.54) is 7.05 Å². The van der Waals surface area contributed by atoms with E-state index in [2.05, 4.69) is 9.50 Å². The van der Waals surface area contributed by atoms with E-state index in [0.29, 0.717) is 0 Å². The molecule has 0 radical (unpaired) electrons. The third kappa shape index (κ3) is 6.48. The number of amides is 1. The van der Waals surface area contributed by atoms with Gasteiger partial charge in [-0.2, -0.15) is 0 Å². The number of hydrogen-bond donors (Lipinski definition) is 1. The molecule has 0 aliphatic heterocycles. The zero-order chi connectivity index (χ0) is 9.40. The zero-order valence-corrected chi connectivity index (χ0v) is 8.80. The molecule has 12 heavy (non-hydrogen) atoms. The minimum Gasteiger partial charge on any atom is -0.339 e. The maximum atomic E-state index is 10.9. The molecule has 0 aliphatic rings. The Kier molecular flexibility index (Phi) is 7.28. The lowest BCUT2D eigenvalue weighted by atomic mass is 10.4. The molecule has 0 bridgehead atoms. The molecule has 0 fully saturated rings. The lowest BCUT2D eigenvalue weighted by Gasteiger charge is -2.00. The topological polar surface area (TPSA) is 55.4 Å². The van der Waals surface area contributed by atoms with Crippen molar-refractivity contribution in [2.75, 3.05) is 12.8 Å². The van der Waals surface area contributed by atoms with Crippen molar-refractivity contribution in [3.05, 3.63) is 0 Å². The van der Waals surface area contributed by atoms with Crippen LogP contribution < -0.4 is 5.32 Å². The molecule has 0 aliphatic carbocycles. The monoisotopic (exact) mass is 211 g/mol. The third-order valence-electron chi connectivity index (χ3n) is 1.03. The number of carbonyl (C=O) groups is 1. The van der Waals surface area contributed by atoms with E-state index in [0.717, 1.165) is 29.4 Å². The maximum absolute atomic E-state index is 10.9. The Labute approximate surface area is 78.5 Å². The molecule has 0 saturated heterocycles. The molecule has 1 unspecified atom stereocenters. The number of nitrogens with one attached hydrogen (secondary N) is 1. The minimum atomic E-state index is -1.55. The molecule has 72 valence electrons. The summed E-state index contributed by atoms with van der Waals surface area (Å²) in [6, 6.07) is 0. The van der Waals surface area contributed by atoms with Gasteiger partial charge < -0.3 is 9.50 Å². The lowest BCUT2D eigenvalue weighted by Crippen LogP contribution is -2.19. The zero-order valence-electron chi connectivity index (χ0n) is 7.16. The van der Waals surface area contributed by atoms with Gasteiger partial charge in [-0.15, -0.1) is 0 Å². The summed E-state index contributed by atoms with van der Waals surface area (Å²) in [6.07, 6.45) is 1.37. The Morgan fingerprint density at radius 1 is 1.67 bits per heavy atom. The van der Waals surface area contributed by atoms with Crippen molar-refractivity contribution < 1.29 is 13.2 Å². The van der Waals surface area contributed by atoms with Crippen molar-refractivity contribution in [1.82, 2.24) is 5.32 Å². The van der Waals surface area contributed by atoms with Crippen LogP contribution in [0.1, 0.15) is 19.8 Å². The van der Waals surface area contributed by atoms with Crippen LogP contribution in [-0.4, -0.2) is 23.1 Å². The third-order valence-corrected chi connectivity index (χ3v) is 3.24. The van der Waals surface area contributed by atoms with Crippen molar-refractivity contribution in [2.24, 2.45) is 0 Å². The highest BCUT2D eigenvalue weighted by molar-refractivity contribution is 8.67. The van der Waals surface area contributed by atoms with Gasteiger partial charge in [-0.25, -0.2) is 9.00 Å². The summed E-state index contributed by atoms with van der Waals surface area (Å²) in [4.78, 5) is 10.5. The van der Waals surface area contributed by atoms with Crippen molar-refractivity contribution in [3.63, 3.8) is 0 Å².